The lowest BCUT2D eigenvalue weighted by atomic mass is 10.0. The summed E-state index contributed by atoms with van der Waals surface area (Å²) >= 11 is 0. The summed E-state index contributed by atoms with van der Waals surface area (Å²) in [6, 6.07) is 10.3. The Morgan fingerprint density at radius 1 is 1.10 bits per heavy atom. The largest absolute Gasteiger partial charge is 0.352 e. The van der Waals surface area contributed by atoms with Crippen LogP contribution in [0.5, 0.6) is 0 Å². The molecule has 2 aromatic rings. The van der Waals surface area contributed by atoms with Gasteiger partial charge in [-0.05, 0) is 49.9 Å². The van der Waals surface area contributed by atoms with Gasteiger partial charge in [0.2, 0.25) is 11.8 Å². The first-order chi connectivity index (χ1) is 13.8. The number of nitrogens with zero attached hydrogens (tertiary/aromatic N) is 2. The lowest BCUT2D eigenvalue weighted by Gasteiger charge is -2.14. The summed E-state index contributed by atoms with van der Waals surface area (Å²) in [6.07, 6.45) is 1.16. The van der Waals surface area contributed by atoms with E-state index >= 15 is 0 Å². The van der Waals surface area contributed by atoms with E-state index in [1.807, 2.05) is 26.0 Å². The molecule has 2 heterocycles. The van der Waals surface area contributed by atoms with Crippen LogP contribution in [0.1, 0.15) is 66.3 Å². The number of aryl methyl sites for hydroxylation is 1. The van der Waals surface area contributed by atoms with Crippen LogP contribution in [0.25, 0.3) is 5.69 Å². The summed E-state index contributed by atoms with van der Waals surface area (Å²) < 4.78 is 2.10. The van der Waals surface area contributed by atoms with Gasteiger partial charge in [0, 0.05) is 43.0 Å². The molecule has 0 saturated carbocycles. The molecule has 154 valence electrons. The average Bonchev–Trinajstić information content (AvgIpc) is 3.17. The van der Waals surface area contributed by atoms with Crippen molar-refractivity contribution in [3.8, 4) is 5.69 Å². The predicted octanol–water partition coefficient (Wildman–Crippen LogP) is 3.49. The molecule has 1 aromatic heterocycles. The van der Waals surface area contributed by atoms with E-state index in [0.29, 0.717) is 43.8 Å². The number of benzene rings is 1. The highest BCUT2D eigenvalue weighted by Gasteiger charge is 2.28. The number of hydrogen-bond donors (Lipinski definition) is 1. The minimum absolute atomic E-state index is 0.117. The normalized spacial score (nSPS) is 14.2. The minimum atomic E-state index is -0.136. The quantitative estimate of drug-likeness (QED) is 0.576. The number of nitrogens with one attached hydrogen (secondary N) is 1. The van der Waals surface area contributed by atoms with E-state index in [9.17, 15) is 14.4 Å². The van der Waals surface area contributed by atoms with Crippen molar-refractivity contribution in [3.63, 3.8) is 0 Å². The van der Waals surface area contributed by atoms with Gasteiger partial charge in [-0.2, -0.15) is 0 Å². The highest BCUT2D eigenvalue weighted by atomic mass is 16.2. The fraction of sp³-hybridized carbons (Fsp3) is 0.435. The number of hydrogen-bond acceptors (Lipinski definition) is 3. The molecule has 0 atom stereocenters. The van der Waals surface area contributed by atoms with Gasteiger partial charge >= 0.3 is 0 Å². The van der Waals surface area contributed by atoms with E-state index in [4.69, 9.17) is 0 Å². The molecule has 1 fully saturated rings. The third-order valence-electron chi connectivity index (χ3n) is 5.47. The lowest BCUT2D eigenvalue weighted by molar-refractivity contribution is -0.138. The van der Waals surface area contributed by atoms with Crippen molar-refractivity contribution >= 4 is 17.7 Å². The molecule has 0 aliphatic carbocycles. The Kier molecular flexibility index (Phi) is 6.20. The Morgan fingerprint density at radius 3 is 2.45 bits per heavy atom. The van der Waals surface area contributed by atoms with E-state index in [1.165, 1.54) is 10.5 Å². The van der Waals surface area contributed by atoms with E-state index in [0.717, 1.165) is 17.1 Å². The predicted molar refractivity (Wildman–Crippen MR) is 112 cm³/mol. The highest BCUT2D eigenvalue weighted by Crippen LogP contribution is 2.24. The van der Waals surface area contributed by atoms with Crippen LogP contribution in [0.2, 0.25) is 0 Å². The Hall–Kier alpha value is -2.89. The summed E-state index contributed by atoms with van der Waals surface area (Å²) in [7, 11) is 0. The second-order valence-electron chi connectivity index (χ2n) is 7.92. The van der Waals surface area contributed by atoms with Crippen LogP contribution in [-0.2, 0) is 9.59 Å². The molecule has 0 spiro atoms. The zero-order valence-electron chi connectivity index (χ0n) is 17.6. The first kappa shape index (κ1) is 20.8. The Morgan fingerprint density at radius 2 is 1.79 bits per heavy atom. The fourth-order valence-corrected chi connectivity index (χ4v) is 3.82. The summed E-state index contributed by atoms with van der Waals surface area (Å²) in [5.41, 5.74) is 4.85. The second kappa shape index (κ2) is 8.64. The van der Waals surface area contributed by atoms with Crippen LogP contribution in [0.3, 0.4) is 0 Å². The van der Waals surface area contributed by atoms with Crippen LogP contribution in [0.4, 0.5) is 0 Å². The molecule has 0 unspecified atom stereocenters. The van der Waals surface area contributed by atoms with Crippen molar-refractivity contribution in [2.75, 3.05) is 13.1 Å². The molecule has 1 aliphatic heterocycles. The van der Waals surface area contributed by atoms with Crippen LogP contribution in [-0.4, -0.2) is 40.3 Å². The van der Waals surface area contributed by atoms with Gasteiger partial charge in [-0.1, -0.05) is 26.0 Å². The van der Waals surface area contributed by atoms with Gasteiger partial charge in [-0.15, -0.1) is 0 Å². The molecule has 1 aliphatic rings. The third kappa shape index (κ3) is 4.42. The molecule has 1 N–H and O–H groups in total. The van der Waals surface area contributed by atoms with Crippen molar-refractivity contribution in [3.05, 3.63) is 52.8 Å². The summed E-state index contributed by atoms with van der Waals surface area (Å²) in [5.74, 6) is 0.0636. The average molecular weight is 396 g/mol. The van der Waals surface area contributed by atoms with Crippen molar-refractivity contribution in [2.45, 2.75) is 52.9 Å². The van der Waals surface area contributed by atoms with E-state index in [-0.39, 0.29) is 17.7 Å². The third-order valence-corrected chi connectivity index (χ3v) is 5.47. The first-order valence-electron chi connectivity index (χ1n) is 10.2. The van der Waals surface area contributed by atoms with Crippen LogP contribution < -0.4 is 5.32 Å². The van der Waals surface area contributed by atoms with Crippen molar-refractivity contribution in [2.24, 2.45) is 0 Å². The second-order valence-corrected chi connectivity index (χ2v) is 7.92. The molecule has 1 saturated heterocycles. The molecule has 3 rings (SSSR count). The molecule has 6 heteroatoms. The highest BCUT2D eigenvalue weighted by molar-refractivity contribution is 6.01. The molecule has 29 heavy (non-hydrogen) atoms. The first-order valence-corrected chi connectivity index (χ1v) is 10.2. The summed E-state index contributed by atoms with van der Waals surface area (Å²) in [4.78, 5) is 37.3. The van der Waals surface area contributed by atoms with Crippen molar-refractivity contribution < 1.29 is 14.4 Å². The molecular formula is C23H29N3O3. The van der Waals surface area contributed by atoms with Gasteiger partial charge in [-0.3, -0.25) is 19.3 Å². The Bertz CT molecular complexity index is 927. The Balaban J connectivity index is 1.66. The number of carbonyl (C=O) groups is 3. The maximum Gasteiger partial charge on any atom is 0.253 e. The molecule has 6 nitrogen and oxygen atoms in total. The SMILES string of the molecule is Cc1cc(C(=O)NCCCN2C(=O)CCC2=O)c(C)n1-c1cccc(C(C)C)c1. The molecule has 0 bridgehead atoms. The van der Waals surface area contributed by atoms with Crippen LogP contribution in [0, 0.1) is 13.8 Å². The number of aromatic nitrogens is 1. The van der Waals surface area contributed by atoms with Gasteiger partial charge in [0.15, 0.2) is 0 Å². The maximum atomic E-state index is 12.7. The zero-order valence-corrected chi connectivity index (χ0v) is 17.6. The summed E-state index contributed by atoms with van der Waals surface area (Å²) in [5, 5.41) is 2.91. The maximum absolute atomic E-state index is 12.7. The smallest absolute Gasteiger partial charge is 0.253 e. The monoisotopic (exact) mass is 395 g/mol. The van der Waals surface area contributed by atoms with Crippen molar-refractivity contribution in [1.29, 1.82) is 0 Å². The van der Waals surface area contributed by atoms with Crippen LogP contribution >= 0.6 is 0 Å². The standard InChI is InChI=1S/C23H29N3O3/c1-15(2)18-7-5-8-19(14-18)26-16(3)13-20(17(26)4)23(29)24-11-6-12-25-21(27)9-10-22(25)28/h5,7-8,13-15H,6,9-12H2,1-4H3,(H,24,29). The number of likely N-dealkylation sites (tertiary alicyclic amines) is 1. The van der Waals surface area contributed by atoms with Gasteiger partial charge in [0.25, 0.3) is 5.91 Å². The number of carbonyl (C=O) groups excluding carboxylic acids is 3. The topological polar surface area (TPSA) is 71.4 Å². The van der Waals surface area contributed by atoms with E-state index < -0.39 is 0 Å². The molecular weight excluding hydrogens is 366 g/mol. The molecule has 3 amide bonds. The van der Waals surface area contributed by atoms with Gasteiger partial charge in [0.05, 0.1) is 5.56 Å². The molecule has 1 aromatic carbocycles. The van der Waals surface area contributed by atoms with Crippen molar-refractivity contribution in [1.82, 2.24) is 14.8 Å². The minimum Gasteiger partial charge on any atom is -0.352 e. The van der Waals surface area contributed by atoms with Gasteiger partial charge in [0.1, 0.15) is 0 Å². The van der Waals surface area contributed by atoms with E-state index in [1.54, 1.807) is 0 Å². The van der Waals surface area contributed by atoms with Gasteiger partial charge < -0.3 is 9.88 Å². The number of rotatable bonds is 7. The number of imide groups is 1. The zero-order chi connectivity index (χ0) is 21.1. The Labute approximate surface area is 171 Å². The van der Waals surface area contributed by atoms with Crippen LogP contribution in [0.15, 0.2) is 30.3 Å². The lowest BCUT2D eigenvalue weighted by Crippen LogP contribution is -2.33. The van der Waals surface area contributed by atoms with E-state index in [2.05, 4.69) is 41.9 Å². The van der Waals surface area contributed by atoms with Gasteiger partial charge in [-0.25, -0.2) is 0 Å². The number of amides is 3. The fourth-order valence-electron chi connectivity index (χ4n) is 3.82. The summed E-state index contributed by atoms with van der Waals surface area (Å²) in [6.45, 7) is 9.05. The molecule has 0 radical (unpaired) electrons.